The summed E-state index contributed by atoms with van der Waals surface area (Å²) in [6.07, 6.45) is 2.29. The highest BCUT2D eigenvalue weighted by molar-refractivity contribution is 5.90. The molecule has 0 radical (unpaired) electrons. The fourth-order valence-electron chi connectivity index (χ4n) is 1.74. The number of aliphatic hydroxyl groups excluding tert-OH is 1. The van der Waals surface area contributed by atoms with Crippen LogP contribution in [-0.2, 0) is 11.2 Å². The minimum absolute atomic E-state index is 0.178. The smallest absolute Gasteiger partial charge is 0.224 e. The van der Waals surface area contributed by atoms with E-state index in [4.69, 9.17) is 9.52 Å². The van der Waals surface area contributed by atoms with Gasteiger partial charge in [-0.2, -0.15) is 0 Å². The average Bonchev–Trinajstić information content (AvgIpc) is 2.98. The lowest BCUT2D eigenvalue weighted by molar-refractivity contribution is -0.116. The molecule has 2 aromatic rings. The number of nitrogens with one attached hydrogen (secondary N) is 1. The standard InChI is InChI=1S/C16H14FNO3/c17-15-11-13(6-5-12(15)3-1-9-19)18-16(20)8-7-14-4-2-10-21-14/h2,4-6,10-11,19H,7-9H2,(H,18,20). The van der Waals surface area contributed by atoms with Crippen molar-refractivity contribution in [1.82, 2.24) is 0 Å². The van der Waals surface area contributed by atoms with Crippen molar-refractivity contribution in [1.29, 1.82) is 0 Å². The topological polar surface area (TPSA) is 62.5 Å². The van der Waals surface area contributed by atoms with Crippen molar-refractivity contribution in [2.24, 2.45) is 0 Å². The summed E-state index contributed by atoms with van der Waals surface area (Å²) in [7, 11) is 0. The molecule has 4 nitrogen and oxygen atoms in total. The molecule has 21 heavy (non-hydrogen) atoms. The zero-order valence-electron chi connectivity index (χ0n) is 11.2. The number of benzene rings is 1. The Morgan fingerprint density at radius 3 is 2.90 bits per heavy atom. The van der Waals surface area contributed by atoms with E-state index in [1.807, 2.05) is 0 Å². The van der Waals surface area contributed by atoms with Crippen LogP contribution in [0.4, 0.5) is 10.1 Å². The van der Waals surface area contributed by atoms with Crippen molar-refractivity contribution in [2.75, 3.05) is 11.9 Å². The van der Waals surface area contributed by atoms with E-state index in [2.05, 4.69) is 17.2 Å². The lowest BCUT2D eigenvalue weighted by atomic mass is 10.2. The minimum Gasteiger partial charge on any atom is -0.469 e. The van der Waals surface area contributed by atoms with Gasteiger partial charge in [-0.15, -0.1) is 0 Å². The second-order valence-corrected chi connectivity index (χ2v) is 4.28. The fourth-order valence-corrected chi connectivity index (χ4v) is 1.74. The Hall–Kier alpha value is -2.58. The van der Waals surface area contributed by atoms with E-state index in [0.29, 0.717) is 12.1 Å². The molecule has 0 fully saturated rings. The van der Waals surface area contributed by atoms with Crippen molar-refractivity contribution < 1.29 is 18.7 Å². The zero-order chi connectivity index (χ0) is 15.1. The first-order valence-electron chi connectivity index (χ1n) is 6.40. The number of furan rings is 1. The predicted octanol–water partition coefficient (Wildman–Crippen LogP) is 2.33. The number of anilines is 1. The van der Waals surface area contributed by atoms with E-state index in [1.165, 1.54) is 12.1 Å². The number of hydrogen-bond acceptors (Lipinski definition) is 3. The van der Waals surface area contributed by atoms with Crippen molar-refractivity contribution in [3.63, 3.8) is 0 Å². The van der Waals surface area contributed by atoms with Crippen molar-refractivity contribution >= 4 is 11.6 Å². The third-order valence-corrected chi connectivity index (χ3v) is 2.73. The van der Waals surface area contributed by atoms with Crippen LogP contribution in [0, 0.1) is 17.7 Å². The van der Waals surface area contributed by atoms with Crippen LogP contribution in [0.3, 0.4) is 0 Å². The molecule has 0 atom stereocenters. The molecule has 2 N–H and O–H groups in total. The van der Waals surface area contributed by atoms with Crippen molar-refractivity contribution in [3.8, 4) is 11.8 Å². The number of hydrogen-bond donors (Lipinski definition) is 2. The first kappa shape index (κ1) is 14.8. The summed E-state index contributed by atoms with van der Waals surface area (Å²) >= 11 is 0. The summed E-state index contributed by atoms with van der Waals surface area (Å²) in [5.41, 5.74) is 0.545. The van der Waals surface area contributed by atoms with Crippen LogP contribution in [-0.4, -0.2) is 17.6 Å². The Morgan fingerprint density at radius 1 is 1.38 bits per heavy atom. The highest BCUT2D eigenvalue weighted by atomic mass is 19.1. The number of amides is 1. The van der Waals surface area contributed by atoms with Crippen LogP contribution < -0.4 is 5.32 Å². The van der Waals surface area contributed by atoms with E-state index >= 15 is 0 Å². The highest BCUT2D eigenvalue weighted by Crippen LogP contribution is 2.14. The normalized spacial score (nSPS) is 9.81. The van der Waals surface area contributed by atoms with Gasteiger partial charge in [0.1, 0.15) is 18.2 Å². The van der Waals surface area contributed by atoms with E-state index in [1.54, 1.807) is 24.5 Å². The molecule has 1 heterocycles. The Labute approximate surface area is 121 Å². The average molecular weight is 287 g/mol. The lowest BCUT2D eigenvalue weighted by Gasteiger charge is -2.05. The largest absolute Gasteiger partial charge is 0.469 e. The van der Waals surface area contributed by atoms with Crippen LogP contribution in [0.1, 0.15) is 17.7 Å². The molecule has 1 aromatic heterocycles. The number of aryl methyl sites for hydroxylation is 1. The number of carbonyl (C=O) groups is 1. The SMILES string of the molecule is O=C(CCc1ccco1)Nc1ccc(C#CCO)c(F)c1. The zero-order valence-corrected chi connectivity index (χ0v) is 11.2. The molecule has 0 saturated carbocycles. The van der Waals surface area contributed by atoms with Gasteiger partial charge in [0.2, 0.25) is 5.91 Å². The third kappa shape index (κ3) is 4.48. The van der Waals surface area contributed by atoms with E-state index in [0.717, 1.165) is 5.76 Å². The first-order chi connectivity index (χ1) is 10.2. The summed E-state index contributed by atoms with van der Waals surface area (Å²) in [5.74, 6) is 4.82. The second-order valence-electron chi connectivity index (χ2n) is 4.28. The van der Waals surface area contributed by atoms with Gasteiger partial charge in [-0.25, -0.2) is 4.39 Å². The molecule has 5 heteroatoms. The number of rotatable bonds is 4. The van der Waals surface area contributed by atoms with Gasteiger partial charge in [0.05, 0.1) is 11.8 Å². The van der Waals surface area contributed by atoms with Crippen molar-refractivity contribution in [2.45, 2.75) is 12.8 Å². The van der Waals surface area contributed by atoms with Gasteiger partial charge < -0.3 is 14.8 Å². The molecule has 0 aliphatic heterocycles. The van der Waals surface area contributed by atoms with Crippen LogP contribution >= 0.6 is 0 Å². The highest BCUT2D eigenvalue weighted by Gasteiger charge is 2.07. The summed E-state index contributed by atoms with van der Waals surface area (Å²) in [6, 6.07) is 7.78. The van der Waals surface area contributed by atoms with Crippen molar-refractivity contribution in [3.05, 3.63) is 53.7 Å². The molecule has 0 saturated heterocycles. The number of aliphatic hydroxyl groups is 1. The summed E-state index contributed by atoms with van der Waals surface area (Å²) in [6.45, 7) is -0.329. The van der Waals surface area contributed by atoms with E-state index in [9.17, 15) is 9.18 Å². The lowest BCUT2D eigenvalue weighted by Crippen LogP contribution is -2.12. The maximum Gasteiger partial charge on any atom is 0.224 e. The van der Waals surface area contributed by atoms with Gasteiger partial charge >= 0.3 is 0 Å². The van der Waals surface area contributed by atoms with Gasteiger partial charge in [-0.3, -0.25) is 4.79 Å². The van der Waals surface area contributed by atoms with Crippen LogP contribution in [0.2, 0.25) is 0 Å². The molecule has 1 amide bonds. The fraction of sp³-hybridized carbons (Fsp3) is 0.188. The molecule has 108 valence electrons. The predicted molar refractivity (Wildman–Crippen MR) is 76.0 cm³/mol. The number of carbonyl (C=O) groups excluding carboxylic acids is 1. The molecular formula is C16H14FNO3. The molecule has 0 aliphatic carbocycles. The third-order valence-electron chi connectivity index (χ3n) is 2.73. The minimum atomic E-state index is -0.542. The molecule has 2 rings (SSSR count). The molecule has 0 aliphatic rings. The number of halogens is 1. The van der Waals surface area contributed by atoms with Gasteiger partial charge in [-0.05, 0) is 30.3 Å². The molecule has 1 aromatic carbocycles. The van der Waals surface area contributed by atoms with Gasteiger partial charge in [0.15, 0.2) is 0 Å². The van der Waals surface area contributed by atoms with Gasteiger partial charge in [0.25, 0.3) is 0 Å². The molecular weight excluding hydrogens is 273 g/mol. The van der Waals surface area contributed by atoms with Gasteiger partial charge in [-0.1, -0.05) is 11.8 Å². The maximum absolute atomic E-state index is 13.7. The summed E-state index contributed by atoms with van der Waals surface area (Å²) in [4.78, 5) is 11.7. The van der Waals surface area contributed by atoms with Gasteiger partial charge in [0, 0.05) is 18.5 Å². The molecule has 0 spiro atoms. The summed E-state index contributed by atoms with van der Waals surface area (Å²) in [5, 5.41) is 11.2. The Morgan fingerprint density at radius 2 is 2.24 bits per heavy atom. The Kier molecular flexibility index (Phi) is 5.13. The summed E-state index contributed by atoms with van der Waals surface area (Å²) < 4.78 is 18.8. The van der Waals surface area contributed by atoms with Crippen LogP contribution in [0.15, 0.2) is 41.0 Å². The monoisotopic (exact) mass is 287 g/mol. The molecule has 0 unspecified atom stereocenters. The Balaban J connectivity index is 1.93. The van der Waals surface area contributed by atoms with E-state index in [-0.39, 0.29) is 24.5 Å². The van der Waals surface area contributed by atoms with E-state index < -0.39 is 5.82 Å². The Bertz CT molecular complexity index is 669. The maximum atomic E-state index is 13.7. The molecule has 0 bridgehead atoms. The van der Waals surface area contributed by atoms with Crippen LogP contribution in [0.25, 0.3) is 0 Å². The first-order valence-corrected chi connectivity index (χ1v) is 6.40. The quantitative estimate of drug-likeness (QED) is 0.848. The second kappa shape index (κ2) is 7.27. The van der Waals surface area contributed by atoms with Crippen LogP contribution in [0.5, 0.6) is 0 Å².